The molecule has 0 radical (unpaired) electrons. The number of nitrogens with one attached hydrogen (secondary N) is 2. The van der Waals surface area contributed by atoms with Crippen LogP contribution < -0.4 is 15.7 Å². The Morgan fingerprint density at radius 1 is 1.23 bits per heavy atom. The first-order chi connectivity index (χ1) is 12.7. The molecule has 0 unspecified atom stereocenters. The van der Waals surface area contributed by atoms with Gasteiger partial charge in [0.25, 0.3) is 5.56 Å². The van der Waals surface area contributed by atoms with E-state index < -0.39 is 0 Å². The molecule has 1 heterocycles. The molecule has 0 saturated heterocycles. The number of fused-ring (bicyclic) bond motifs is 1. The van der Waals surface area contributed by atoms with Crippen molar-refractivity contribution in [3.8, 4) is 5.75 Å². The number of rotatable bonds is 7. The fourth-order valence-electron chi connectivity index (χ4n) is 2.79. The van der Waals surface area contributed by atoms with Crippen LogP contribution in [0, 0.1) is 0 Å². The first-order valence-corrected chi connectivity index (χ1v) is 8.75. The van der Waals surface area contributed by atoms with Crippen molar-refractivity contribution in [2.45, 2.75) is 26.7 Å². The van der Waals surface area contributed by atoms with Crippen molar-refractivity contribution in [1.29, 1.82) is 0 Å². The van der Waals surface area contributed by atoms with Crippen LogP contribution in [0.15, 0.2) is 52.4 Å². The fraction of sp³-hybridized carbons (Fsp3) is 0.250. The SMILES string of the molecule is CCCc1cc(=O)[nH]c(N/N=C/c2c(OCC)ccc3ccccc23)n1. The number of anilines is 1. The summed E-state index contributed by atoms with van der Waals surface area (Å²) in [7, 11) is 0. The van der Waals surface area contributed by atoms with E-state index in [0.717, 1.165) is 40.6 Å². The summed E-state index contributed by atoms with van der Waals surface area (Å²) in [5.74, 6) is 1.09. The minimum Gasteiger partial charge on any atom is -0.493 e. The van der Waals surface area contributed by atoms with Gasteiger partial charge in [-0.1, -0.05) is 43.7 Å². The molecule has 0 bridgehead atoms. The van der Waals surface area contributed by atoms with Crippen LogP contribution in [-0.4, -0.2) is 22.8 Å². The second kappa shape index (κ2) is 8.29. The maximum atomic E-state index is 11.7. The summed E-state index contributed by atoms with van der Waals surface area (Å²) in [5, 5.41) is 6.41. The number of hydrogen-bond donors (Lipinski definition) is 2. The van der Waals surface area contributed by atoms with Crippen LogP contribution in [0.3, 0.4) is 0 Å². The van der Waals surface area contributed by atoms with Crippen LogP contribution in [0.4, 0.5) is 5.95 Å². The van der Waals surface area contributed by atoms with Crippen molar-refractivity contribution < 1.29 is 4.74 Å². The number of benzene rings is 2. The van der Waals surface area contributed by atoms with E-state index in [1.165, 1.54) is 6.07 Å². The Morgan fingerprint density at radius 3 is 2.88 bits per heavy atom. The molecule has 3 rings (SSSR count). The van der Waals surface area contributed by atoms with Gasteiger partial charge >= 0.3 is 0 Å². The third-order valence-corrected chi connectivity index (χ3v) is 3.90. The largest absolute Gasteiger partial charge is 0.493 e. The minimum atomic E-state index is -0.193. The standard InChI is InChI=1S/C20H22N4O2/c1-3-7-15-12-19(25)23-20(22-15)24-21-13-17-16-9-6-5-8-14(16)10-11-18(17)26-4-2/h5-6,8-13H,3-4,7H2,1-2H3,(H2,22,23,24,25)/b21-13+. The molecule has 2 N–H and O–H groups in total. The molecule has 26 heavy (non-hydrogen) atoms. The second-order valence-electron chi connectivity index (χ2n) is 5.84. The molecule has 0 saturated carbocycles. The normalized spacial score (nSPS) is 11.2. The van der Waals surface area contributed by atoms with E-state index in [9.17, 15) is 4.79 Å². The molecule has 134 valence electrons. The highest BCUT2D eigenvalue weighted by Crippen LogP contribution is 2.26. The van der Waals surface area contributed by atoms with E-state index in [0.29, 0.717) is 12.6 Å². The third-order valence-electron chi connectivity index (χ3n) is 3.90. The van der Waals surface area contributed by atoms with Crippen LogP contribution in [0.2, 0.25) is 0 Å². The number of hydrazone groups is 1. The van der Waals surface area contributed by atoms with Gasteiger partial charge in [0, 0.05) is 17.3 Å². The number of nitrogens with zero attached hydrogens (tertiary/aromatic N) is 2. The van der Waals surface area contributed by atoms with Gasteiger partial charge in [0.2, 0.25) is 5.95 Å². The molecule has 3 aromatic rings. The summed E-state index contributed by atoms with van der Waals surface area (Å²) in [6, 6.07) is 13.5. The van der Waals surface area contributed by atoms with Gasteiger partial charge in [-0.25, -0.2) is 10.4 Å². The van der Waals surface area contributed by atoms with Gasteiger partial charge in [-0.15, -0.1) is 0 Å². The number of H-pyrrole nitrogens is 1. The van der Waals surface area contributed by atoms with Crippen molar-refractivity contribution in [3.63, 3.8) is 0 Å². The molecular formula is C20H22N4O2. The lowest BCUT2D eigenvalue weighted by Gasteiger charge is -2.10. The van der Waals surface area contributed by atoms with Gasteiger partial charge in [-0.2, -0.15) is 5.10 Å². The number of ether oxygens (including phenoxy) is 1. The molecule has 0 amide bonds. The molecule has 0 aliphatic heterocycles. The Morgan fingerprint density at radius 2 is 2.08 bits per heavy atom. The predicted octanol–water partition coefficient (Wildman–Crippen LogP) is 3.72. The lowest BCUT2D eigenvalue weighted by molar-refractivity contribution is 0.340. The monoisotopic (exact) mass is 350 g/mol. The lowest BCUT2D eigenvalue weighted by atomic mass is 10.0. The van der Waals surface area contributed by atoms with Gasteiger partial charge < -0.3 is 4.74 Å². The van der Waals surface area contributed by atoms with E-state index in [1.54, 1.807) is 6.21 Å². The van der Waals surface area contributed by atoms with E-state index in [2.05, 4.69) is 20.5 Å². The van der Waals surface area contributed by atoms with Crippen LogP contribution in [0.5, 0.6) is 5.75 Å². The minimum absolute atomic E-state index is 0.193. The Labute approximate surface area is 151 Å². The molecule has 2 aromatic carbocycles. The van der Waals surface area contributed by atoms with Crippen LogP contribution >= 0.6 is 0 Å². The van der Waals surface area contributed by atoms with Crippen molar-refractivity contribution in [2.75, 3.05) is 12.0 Å². The van der Waals surface area contributed by atoms with E-state index in [-0.39, 0.29) is 5.56 Å². The van der Waals surface area contributed by atoms with E-state index in [4.69, 9.17) is 4.74 Å². The molecule has 6 heteroatoms. The highest BCUT2D eigenvalue weighted by atomic mass is 16.5. The van der Waals surface area contributed by atoms with Crippen LogP contribution in [0.25, 0.3) is 10.8 Å². The number of aromatic nitrogens is 2. The molecule has 1 aromatic heterocycles. The maximum absolute atomic E-state index is 11.7. The van der Waals surface area contributed by atoms with Gasteiger partial charge in [0.1, 0.15) is 5.75 Å². The third kappa shape index (κ3) is 4.08. The first-order valence-electron chi connectivity index (χ1n) is 8.75. The summed E-state index contributed by atoms with van der Waals surface area (Å²) >= 11 is 0. The van der Waals surface area contributed by atoms with Gasteiger partial charge in [-0.3, -0.25) is 9.78 Å². The van der Waals surface area contributed by atoms with Crippen LogP contribution in [0.1, 0.15) is 31.5 Å². The zero-order valence-corrected chi connectivity index (χ0v) is 15.0. The smallest absolute Gasteiger partial charge is 0.252 e. The molecular weight excluding hydrogens is 328 g/mol. The summed E-state index contributed by atoms with van der Waals surface area (Å²) in [6.45, 7) is 4.56. The van der Waals surface area contributed by atoms with Crippen molar-refractivity contribution in [3.05, 3.63) is 64.1 Å². The topological polar surface area (TPSA) is 79.4 Å². The Kier molecular flexibility index (Phi) is 5.63. The average molecular weight is 350 g/mol. The zero-order valence-electron chi connectivity index (χ0n) is 15.0. The first kappa shape index (κ1) is 17.7. The molecule has 0 aliphatic rings. The highest BCUT2D eigenvalue weighted by Gasteiger charge is 2.07. The van der Waals surface area contributed by atoms with Gasteiger partial charge in [-0.05, 0) is 30.2 Å². The van der Waals surface area contributed by atoms with Gasteiger partial charge in [0.05, 0.1) is 12.8 Å². The molecule has 0 fully saturated rings. The molecule has 6 nitrogen and oxygen atoms in total. The quantitative estimate of drug-likeness (QED) is 0.503. The Hall–Kier alpha value is -3.15. The van der Waals surface area contributed by atoms with Crippen molar-refractivity contribution >= 4 is 22.9 Å². The summed E-state index contributed by atoms with van der Waals surface area (Å²) in [6.07, 6.45) is 3.37. The Bertz CT molecular complexity index is 979. The van der Waals surface area contributed by atoms with Crippen molar-refractivity contribution in [1.82, 2.24) is 9.97 Å². The summed E-state index contributed by atoms with van der Waals surface area (Å²) in [5.41, 5.74) is 4.24. The van der Waals surface area contributed by atoms with Crippen molar-refractivity contribution in [2.24, 2.45) is 5.10 Å². The molecule has 0 atom stereocenters. The number of hydrogen-bond acceptors (Lipinski definition) is 5. The number of aryl methyl sites for hydroxylation is 1. The lowest BCUT2D eigenvalue weighted by Crippen LogP contribution is -2.12. The average Bonchev–Trinajstić information content (AvgIpc) is 2.63. The maximum Gasteiger partial charge on any atom is 0.252 e. The fourth-order valence-corrected chi connectivity index (χ4v) is 2.79. The zero-order chi connectivity index (χ0) is 18.4. The van der Waals surface area contributed by atoms with Gasteiger partial charge in [0.15, 0.2) is 0 Å². The Balaban J connectivity index is 1.91. The van der Waals surface area contributed by atoms with E-state index in [1.807, 2.05) is 50.2 Å². The highest BCUT2D eigenvalue weighted by molar-refractivity contribution is 6.02. The number of aromatic amines is 1. The predicted molar refractivity (Wildman–Crippen MR) is 105 cm³/mol. The van der Waals surface area contributed by atoms with E-state index >= 15 is 0 Å². The summed E-state index contributed by atoms with van der Waals surface area (Å²) in [4.78, 5) is 18.7. The second-order valence-corrected chi connectivity index (χ2v) is 5.84. The molecule has 0 aliphatic carbocycles. The summed E-state index contributed by atoms with van der Waals surface area (Å²) < 4.78 is 5.73. The molecule has 0 spiro atoms. The van der Waals surface area contributed by atoms with Crippen LogP contribution in [-0.2, 0) is 6.42 Å².